The number of nitrogens with one attached hydrogen (secondary N) is 2. The smallest absolute Gasteiger partial charge is 0.251 e. The third-order valence-corrected chi connectivity index (χ3v) is 2.64. The monoisotopic (exact) mass is 316 g/mol. The molecule has 21 heavy (non-hydrogen) atoms. The van der Waals surface area contributed by atoms with Crippen LogP contribution in [0.3, 0.4) is 0 Å². The zero-order valence-corrected chi connectivity index (χ0v) is 13.5. The minimum Gasteiger partial charge on any atom is -0.494 e. The van der Waals surface area contributed by atoms with Crippen molar-refractivity contribution in [2.45, 2.75) is 13.3 Å². The van der Waals surface area contributed by atoms with E-state index in [9.17, 15) is 4.79 Å². The van der Waals surface area contributed by atoms with Crippen LogP contribution < -0.4 is 15.4 Å². The molecule has 0 atom stereocenters. The lowest BCUT2D eigenvalue weighted by atomic mass is 10.2. The van der Waals surface area contributed by atoms with Crippen LogP contribution in [-0.4, -0.2) is 45.9 Å². The Morgan fingerprint density at radius 3 is 2.71 bits per heavy atom. The molecule has 120 valence electrons. The highest BCUT2D eigenvalue weighted by atomic mass is 35.5. The van der Waals surface area contributed by atoms with E-state index in [1.54, 1.807) is 19.2 Å². The summed E-state index contributed by atoms with van der Waals surface area (Å²) >= 11 is 0. The number of halogens is 1. The predicted octanol–water partition coefficient (Wildman–Crippen LogP) is 1.86. The molecule has 0 aliphatic heterocycles. The van der Waals surface area contributed by atoms with Crippen LogP contribution in [-0.2, 0) is 4.74 Å². The number of hydrogen-bond acceptors (Lipinski definition) is 4. The molecule has 1 aromatic rings. The molecule has 0 saturated heterocycles. The molecule has 0 heterocycles. The zero-order valence-electron chi connectivity index (χ0n) is 12.7. The Morgan fingerprint density at radius 1 is 1.19 bits per heavy atom. The summed E-state index contributed by atoms with van der Waals surface area (Å²) in [4.78, 5) is 11.9. The van der Waals surface area contributed by atoms with Crippen LogP contribution in [0.25, 0.3) is 0 Å². The molecule has 6 heteroatoms. The van der Waals surface area contributed by atoms with Gasteiger partial charge in [0.25, 0.3) is 5.91 Å². The molecule has 0 aliphatic carbocycles. The van der Waals surface area contributed by atoms with Gasteiger partial charge in [-0.1, -0.05) is 13.0 Å². The quantitative estimate of drug-likeness (QED) is 0.647. The fraction of sp³-hybridized carbons (Fsp3) is 0.533. The van der Waals surface area contributed by atoms with Crippen molar-refractivity contribution in [2.75, 3.05) is 40.0 Å². The lowest BCUT2D eigenvalue weighted by Crippen LogP contribution is -2.33. The van der Waals surface area contributed by atoms with Crippen LogP contribution in [0.2, 0.25) is 0 Å². The molecular formula is C15H25ClN2O3. The average molecular weight is 317 g/mol. The van der Waals surface area contributed by atoms with Crippen molar-refractivity contribution >= 4 is 18.3 Å². The predicted molar refractivity (Wildman–Crippen MR) is 86.6 cm³/mol. The molecule has 0 aliphatic rings. The van der Waals surface area contributed by atoms with E-state index in [4.69, 9.17) is 9.47 Å². The van der Waals surface area contributed by atoms with Crippen molar-refractivity contribution in [1.82, 2.24) is 10.6 Å². The Balaban J connectivity index is 0.00000400. The molecule has 0 fully saturated rings. The number of benzene rings is 1. The molecule has 1 aromatic carbocycles. The first-order valence-electron chi connectivity index (χ1n) is 6.98. The Kier molecular flexibility index (Phi) is 11.7. The van der Waals surface area contributed by atoms with Gasteiger partial charge in [-0.05, 0) is 24.6 Å². The summed E-state index contributed by atoms with van der Waals surface area (Å²) in [6, 6.07) is 7.24. The molecule has 0 spiro atoms. The summed E-state index contributed by atoms with van der Waals surface area (Å²) in [7, 11) is 1.66. The Labute approximate surface area is 132 Å². The van der Waals surface area contributed by atoms with Gasteiger partial charge in [0.2, 0.25) is 0 Å². The standard InChI is InChI=1S/C15H24N2O3.ClH/c1-3-10-20-14-6-4-5-13(12-14)15(18)17-8-7-16-9-11-19-2;/h4-6,12,16H,3,7-11H2,1-2H3,(H,17,18);1H. The van der Waals surface area contributed by atoms with Gasteiger partial charge < -0.3 is 20.1 Å². The summed E-state index contributed by atoms with van der Waals surface area (Å²) in [5.74, 6) is 0.651. The topological polar surface area (TPSA) is 59.6 Å². The molecule has 1 rings (SSSR count). The van der Waals surface area contributed by atoms with E-state index in [0.717, 1.165) is 25.3 Å². The van der Waals surface area contributed by atoms with E-state index in [2.05, 4.69) is 10.6 Å². The van der Waals surface area contributed by atoms with E-state index in [-0.39, 0.29) is 18.3 Å². The normalized spacial score (nSPS) is 9.81. The van der Waals surface area contributed by atoms with E-state index in [1.165, 1.54) is 0 Å². The summed E-state index contributed by atoms with van der Waals surface area (Å²) in [5.41, 5.74) is 0.621. The van der Waals surface area contributed by atoms with Crippen LogP contribution >= 0.6 is 12.4 Å². The van der Waals surface area contributed by atoms with Crippen molar-refractivity contribution in [3.8, 4) is 5.75 Å². The lowest BCUT2D eigenvalue weighted by Gasteiger charge is -2.08. The highest BCUT2D eigenvalue weighted by Gasteiger charge is 2.05. The van der Waals surface area contributed by atoms with Crippen molar-refractivity contribution in [3.05, 3.63) is 29.8 Å². The molecule has 5 nitrogen and oxygen atoms in total. The first-order chi connectivity index (χ1) is 9.77. The second kappa shape index (κ2) is 12.4. The molecule has 0 aromatic heterocycles. The Hall–Kier alpha value is -1.30. The number of amides is 1. The molecule has 0 saturated carbocycles. The number of carbonyl (C=O) groups excluding carboxylic acids is 1. The second-order valence-corrected chi connectivity index (χ2v) is 4.37. The molecule has 0 bridgehead atoms. The van der Waals surface area contributed by atoms with Gasteiger partial charge in [-0.25, -0.2) is 0 Å². The second-order valence-electron chi connectivity index (χ2n) is 4.37. The van der Waals surface area contributed by atoms with E-state index in [1.807, 2.05) is 19.1 Å². The van der Waals surface area contributed by atoms with Crippen molar-refractivity contribution in [1.29, 1.82) is 0 Å². The van der Waals surface area contributed by atoms with E-state index >= 15 is 0 Å². The highest BCUT2D eigenvalue weighted by Crippen LogP contribution is 2.13. The van der Waals surface area contributed by atoms with Crippen LogP contribution in [0.4, 0.5) is 0 Å². The Bertz CT molecular complexity index is 402. The maximum Gasteiger partial charge on any atom is 0.251 e. The van der Waals surface area contributed by atoms with Gasteiger partial charge in [-0.2, -0.15) is 0 Å². The fourth-order valence-corrected chi connectivity index (χ4v) is 1.61. The number of hydrogen-bond donors (Lipinski definition) is 2. The van der Waals surface area contributed by atoms with Gasteiger partial charge in [0.1, 0.15) is 5.75 Å². The van der Waals surface area contributed by atoms with Crippen LogP contribution in [0.5, 0.6) is 5.75 Å². The minimum absolute atomic E-state index is 0. The fourth-order valence-electron chi connectivity index (χ4n) is 1.61. The maximum atomic E-state index is 11.9. The van der Waals surface area contributed by atoms with Crippen LogP contribution in [0, 0.1) is 0 Å². The number of ether oxygens (including phenoxy) is 2. The van der Waals surface area contributed by atoms with Crippen molar-refractivity contribution < 1.29 is 14.3 Å². The highest BCUT2D eigenvalue weighted by molar-refractivity contribution is 5.94. The van der Waals surface area contributed by atoms with Crippen molar-refractivity contribution in [3.63, 3.8) is 0 Å². The van der Waals surface area contributed by atoms with Gasteiger partial charge >= 0.3 is 0 Å². The summed E-state index contributed by atoms with van der Waals surface area (Å²) < 4.78 is 10.4. The van der Waals surface area contributed by atoms with Gasteiger partial charge in [-0.3, -0.25) is 4.79 Å². The average Bonchev–Trinajstić information content (AvgIpc) is 2.48. The lowest BCUT2D eigenvalue weighted by molar-refractivity contribution is 0.0953. The SMILES string of the molecule is CCCOc1cccc(C(=O)NCCNCCOC)c1.Cl. The van der Waals surface area contributed by atoms with Gasteiger partial charge in [0.15, 0.2) is 0 Å². The first-order valence-corrected chi connectivity index (χ1v) is 6.98. The first kappa shape index (κ1) is 19.7. The molecular weight excluding hydrogens is 292 g/mol. The van der Waals surface area contributed by atoms with Crippen LogP contribution in [0.1, 0.15) is 23.7 Å². The van der Waals surface area contributed by atoms with Gasteiger partial charge in [0.05, 0.1) is 13.2 Å². The van der Waals surface area contributed by atoms with Gasteiger partial charge in [-0.15, -0.1) is 12.4 Å². The van der Waals surface area contributed by atoms with Crippen LogP contribution in [0.15, 0.2) is 24.3 Å². The third kappa shape index (κ3) is 8.55. The maximum absolute atomic E-state index is 11.9. The Morgan fingerprint density at radius 2 is 2.00 bits per heavy atom. The van der Waals surface area contributed by atoms with E-state index < -0.39 is 0 Å². The molecule has 1 amide bonds. The number of methoxy groups -OCH3 is 1. The largest absolute Gasteiger partial charge is 0.494 e. The minimum atomic E-state index is -0.0829. The zero-order chi connectivity index (χ0) is 14.6. The number of rotatable bonds is 10. The number of carbonyl (C=O) groups is 1. The summed E-state index contributed by atoms with van der Waals surface area (Å²) in [5, 5.41) is 6.03. The molecule has 0 radical (unpaired) electrons. The van der Waals surface area contributed by atoms with E-state index in [0.29, 0.717) is 25.3 Å². The molecule has 2 N–H and O–H groups in total. The summed E-state index contributed by atoms with van der Waals surface area (Å²) in [6.45, 7) is 5.48. The van der Waals surface area contributed by atoms with Gasteiger partial charge in [0, 0.05) is 32.3 Å². The third-order valence-electron chi connectivity index (χ3n) is 2.64. The summed E-state index contributed by atoms with van der Waals surface area (Å²) in [6.07, 6.45) is 0.948. The van der Waals surface area contributed by atoms with Crippen molar-refractivity contribution in [2.24, 2.45) is 0 Å². The molecule has 0 unspecified atom stereocenters.